The molecule has 82 valence electrons. The van der Waals surface area contributed by atoms with Crippen LogP contribution in [-0.4, -0.2) is 23.3 Å². The largest absolute Gasteiger partial charge is 0.504 e. The molecule has 0 bridgehead atoms. The molecule has 2 N–H and O–H groups in total. The van der Waals surface area contributed by atoms with Gasteiger partial charge in [-0.2, -0.15) is 0 Å². The van der Waals surface area contributed by atoms with E-state index < -0.39 is 5.97 Å². The van der Waals surface area contributed by atoms with E-state index in [1.165, 1.54) is 13.2 Å². The van der Waals surface area contributed by atoms with Crippen LogP contribution in [0, 0.1) is 0 Å². The van der Waals surface area contributed by atoms with Gasteiger partial charge in [0.25, 0.3) is 0 Å². The molecule has 0 fully saturated rings. The Morgan fingerprint density at radius 3 is 2.40 bits per heavy atom. The van der Waals surface area contributed by atoms with Crippen molar-refractivity contribution in [3.8, 4) is 11.5 Å². The Hall–Kier alpha value is -1.71. The number of rotatable bonds is 3. The Bertz CT molecular complexity index is 382. The van der Waals surface area contributed by atoms with Crippen LogP contribution in [0.25, 0.3) is 0 Å². The number of hydrogen-bond donors (Lipinski definition) is 2. The summed E-state index contributed by atoms with van der Waals surface area (Å²) in [6.45, 7) is 3.88. The zero-order valence-corrected chi connectivity index (χ0v) is 8.94. The molecule has 0 aliphatic carbocycles. The Kier molecular flexibility index (Phi) is 3.19. The van der Waals surface area contributed by atoms with Gasteiger partial charge in [-0.25, -0.2) is 4.79 Å². The average molecular weight is 210 g/mol. The number of benzene rings is 1. The van der Waals surface area contributed by atoms with Crippen molar-refractivity contribution in [2.45, 2.75) is 19.8 Å². The van der Waals surface area contributed by atoms with Crippen molar-refractivity contribution in [2.24, 2.45) is 0 Å². The zero-order valence-electron chi connectivity index (χ0n) is 8.94. The molecule has 0 heterocycles. The summed E-state index contributed by atoms with van der Waals surface area (Å²) in [5, 5.41) is 18.4. The highest BCUT2D eigenvalue weighted by molar-refractivity contribution is 5.92. The van der Waals surface area contributed by atoms with E-state index in [0.717, 1.165) is 5.56 Å². The molecule has 0 radical (unpaired) electrons. The topological polar surface area (TPSA) is 66.8 Å². The molecule has 1 aromatic carbocycles. The van der Waals surface area contributed by atoms with Crippen molar-refractivity contribution in [3.63, 3.8) is 0 Å². The molecular formula is C11H14O4. The summed E-state index contributed by atoms with van der Waals surface area (Å²) in [6.07, 6.45) is 0. The summed E-state index contributed by atoms with van der Waals surface area (Å²) in [4.78, 5) is 10.8. The number of methoxy groups -OCH3 is 1. The average Bonchev–Trinajstić information content (AvgIpc) is 2.17. The molecule has 4 nitrogen and oxygen atoms in total. The van der Waals surface area contributed by atoms with Crippen molar-refractivity contribution in [1.29, 1.82) is 0 Å². The number of hydrogen-bond acceptors (Lipinski definition) is 3. The van der Waals surface area contributed by atoms with Gasteiger partial charge in [0.2, 0.25) is 0 Å². The molecule has 0 aliphatic heterocycles. The van der Waals surface area contributed by atoms with E-state index >= 15 is 0 Å². The molecule has 0 aromatic heterocycles. The van der Waals surface area contributed by atoms with Crippen molar-refractivity contribution in [1.82, 2.24) is 0 Å². The molecule has 0 spiro atoms. The minimum Gasteiger partial charge on any atom is -0.504 e. The molecule has 0 saturated carbocycles. The maximum absolute atomic E-state index is 10.8. The van der Waals surface area contributed by atoms with Gasteiger partial charge in [-0.15, -0.1) is 0 Å². The SMILES string of the molecule is COc1cc(C(C)C)cc(C(=O)O)c1O. The molecule has 0 aliphatic rings. The van der Waals surface area contributed by atoms with Crippen molar-refractivity contribution in [3.05, 3.63) is 23.3 Å². The van der Waals surface area contributed by atoms with E-state index in [1.807, 2.05) is 13.8 Å². The van der Waals surface area contributed by atoms with Crippen LogP contribution in [0.4, 0.5) is 0 Å². The number of carboxylic acids is 1. The van der Waals surface area contributed by atoms with Gasteiger partial charge in [0.1, 0.15) is 5.56 Å². The van der Waals surface area contributed by atoms with Gasteiger partial charge >= 0.3 is 5.97 Å². The standard InChI is InChI=1S/C11H14O4/c1-6(2)7-4-8(11(13)14)10(12)9(5-7)15-3/h4-6,12H,1-3H3,(H,13,14). The zero-order chi connectivity index (χ0) is 11.6. The second-order valence-electron chi connectivity index (χ2n) is 3.58. The lowest BCUT2D eigenvalue weighted by Gasteiger charge is -2.11. The highest BCUT2D eigenvalue weighted by Gasteiger charge is 2.17. The van der Waals surface area contributed by atoms with Gasteiger partial charge in [-0.3, -0.25) is 0 Å². The summed E-state index contributed by atoms with van der Waals surface area (Å²) in [5.74, 6) is -1.11. The van der Waals surface area contributed by atoms with Crippen molar-refractivity contribution in [2.75, 3.05) is 7.11 Å². The molecule has 1 aromatic rings. The molecule has 0 saturated heterocycles. The first-order valence-electron chi connectivity index (χ1n) is 4.61. The Morgan fingerprint density at radius 2 is 2.00 bits per heavy atom. The van der Waals surface area contributed by atoms with Gasteiger partial charge in [-0.1, -0.05) is 13.8 Å². The predicted molar refractivity (Wildman–Crippen MR) is 55.7 cm³/mol. The van der Waals surface area contributed by atoms with Crippen LogP contribution in [0.3, 0.4) is 0 Å². The molecule has 0 amide bonds. The lowest BCUT2D eigenvalue weighted by atomic mass is 9.99. The number of carbonyl (C=O) groups is 1. The minimum atomic E-state index is -1.16. The van der Waals surface area contributed by atoms with E-state index in [2.05, 4.69) is 0 Å². The molecular weight excluding hydrogens is 196 g/mol. The lowest BCUT2D eigenvalue weighted by Crippen LogP contribution is -2.01. The third-order valence-electron chi connectivity index (χ3n) is 2.21. The fourth-order valence-electron chi connectivity index (χ4n) is 1.28. The second-order valence-corrected chi connectivity index (χ2v) is 3.58. The highest BCUT2D eigenvalue weighted by Crippen LogP contribution is 2.33. The highest BCUT2D eigenvalue weighted by atomic mass is 16.5. The van der Waals surface area contributed by atoms with Gasteiger partial charge in [0, 0.05) is 0 Å². The molecule has 1 rings (SSSR count). The monoisotopic (exact) mass is 210 g/mol. The number of ether oxygens (including phenoxy) is 1. The van der Waals surface area contributed by atoms with Gasteiger partial charge in [0.05, 0.1) is 7.11 Å². The third kappa shape index (κ3) is 2.21. The molecule has 0 unspecified atom stereocenters. The molecule has 4 heteroatoms. The summed E-state index contributed by atoms with van der Waals surface area (Å²) >= 11 is 0. The van der Waals surface area contributed by atoms with E-state index in [9.17, 15) is 9.90 Å². The maximum atomic E-state index is 10.8. The first-order chi connectivity index (χ1) is 6.97. The van der Waals surface area contributed by atoms with Gasteiger partial charge in [0.15, 0.2) is 11.5 Å². The minimum absolute atomic E-state index is 0.127. The van der Waals surface area contributed by atoms with Crippen LogP contribution >= 0.6 is 0 Å². The van der Waals surface area contributed by atoms with Crippen LogP contribution in [0.5, 0.6) is 11.5 Å². The van der Waals surface area contributed by atoms with Crippen LogP contribution in [-0.2, 0) is 0 Å². The van der Waals surface area contributed by atoms with Crippen LogP contribution in [0.15, 0.2) is 12.1 Å². The summed E-state index contributed by atoms with van der Waals surface area (Å²) in [5.41, 5.74) is 0.695. The number of carboxylic acid groups (broad SMARTS) is 1. The van der Waals surface area contributed by atoms with E-state index in [0.29, 0.717) is 0 Å². The fraction of sp³-hybridized carbons (Fsp3) is 0.364. The summed E-state index contributed by atoms with van der Waals surface area (Å²) in [6, 6.07) is 3.11. The molecule has 0 atom stereocenters. The Balaban J connectivity index is 3.38. The number of aromatic hydroxyl groups is 1. The lowest BCUT2D eigenvalue weighted by molar-refractivity contribution is 0.0693. The normalized spacial score (nSPS) is 10.4. The fourth-order valence-corrected chi connectivity index (χ4v) is 1.28. The number of aromatic carboxylic acids is 1. The third-order valence-corrected chi connectivity index (χ3v) is 2.21. The second kappa shape index (κ2) is 4.21. The van der Waals surface area contributed by atoms with Gasteiger partial charge in [-0.05, 0) is 23.6 Å². The Labute approximate surface area is 88.1 Å². The van der Waals surface area contributed by atoms with E-state index in [1.54, 1.807) is 6.07 Å². The van der Waals surface area contributed by atoms with Crippen LogP contribution in [0.2, 0.25) is 0 Å². The van der Waals surface area contributed by atoms with Gasteiger partial charge < -0.3 is 14.9 Å². The first-order valence-corrected chi connectivity index (χ1v) is 4.61. The quantitative estimate of drug-likeness (QED) is 0.802. The van der Waals surface area contributed by atoms with Crippen molar-refractivity contribution >= 4 is 5.97 Å². The summed E-state index contributed by atoms with van der Waals surface area (Å²) < 4.78 is 4.91. The summed E-state index contributed by atoms with van der Waals surface area (Å²) in [7, 11) is 1.39. The smallest absolute Gasteiger partial charge is 0.339 e. The predicted octanol–water partition coefficient (Wildman–Crippen LogP) is 2.22. The van der Waals surface area contributed by atoms with E-state index in [4.69, 9.17) is 9.84 Å². The molecule has 15 heavy (non-hydrogen) atoms. The Morgan fingerprint density at radius 1 is 1.40 bits per heavy atom. The maximum Gasteiger partial charge on any atom is 0.339 e. The van der Waals surface area contributed by atoms with Crippen LogP contribution < -0.4 is 4.74 Å². The number of phenols is 1. The van der Waals surface area contributed by atoms with E-state index in [-0.39, 0.29) is 23.0 Å². The van der Waals surface area contributed by atoms with Crippen LogP contribution in [0.1, 0.15) is 35.7 Å². The van der Waals surface area contributed by atoms with Crippen molar-refractivity contribution < 1.29 is 19.7 Å². The first kappa shape index (κ1) is 11.4.